The molecule has 6 nitrogen and oxygen atoms in total. The van der Waals surface area contributed by atoms with Crippen LogP contribution in [0.5, 0.6) is 0 Å². The Labute approximate surface area is 458 Å². The predicted octanol–water partition coefficient (Wildman–Crippen LogP) is 21.5. The Balaban J connectivity index is 4.26. The normalized spacial score (nSPS) is 12.6. The Bertz CT molecular complexity index is 1420. The SMILES string of the molecule is CC/C=C\C/C=C\C/C=C\C/C=C\C/C=C\CCCCCCCCCCCC(=O)OCC(COC(=O)CCCCCCC/C=C\CCC)OC(=O)CCCCCCCCCCC/C=C\CCCCCCCCCC. The van der Waals surface area contributed by atoms with Gasteiger partial charge in [-0.3, -0.25) is 14.4 Å². The maximum Gasteiger partial charge on any atom is 0.306 e. The minimum absolute atomic E-state index is 0.0821. The molecule has 0 radical (unpaired) electrons. The molecule has 6 heteroatoms. The molecule has 0 saturated carbocycles. The lowest BCUT2D eigenvalue weighted by Gasteiger charge is -2.18. The first-order valence-corrected chi connectivity index (χ1v) is 31.6. The van der Waals surface area contributed by atoms with Crippen molar-refractivity contribution in [3.05, 3.63) is 85.1 Å². The summed E-state index contributed by atoms with van der Waals surface area (Å²) in [4.78, 5) is 38.2. The molecule has 0 aliphatic heterocycles. The van der Waals surface area contributed by atoms with Crippen LogP contribution in [-0.4, -0.2) is 37.2 Å². The lowest BCUT2D eigenvalue weighted by atomic mass is 10.1. The molecular weight excluding hydrogens is 913 g/mol. The molecule has 0 aromatic heterocycles. The topological polar surface area (TPSA) is 78.9 Å². The fourth-order valence-corrected chi connectivity index (χ4v) is 8.88. The maximum absolute atomic E-state index is 12.9. The van der Waals surface area contributed by atoms with Gasteiger partial charge in [0.15, 0.2) is 6.10 Å². The van der Waals surface area contributed by atoms with E-state index >= 15 is 0 Å². The largest absolute Gasteiger partial charge is 0.462 e. The molecular formula is C68H118O6. The average molecular weight is 1030 g/mol. The van der Waals surface area contributed by atoms with Crippen LogP contribution in [0.2, 0.25) is 0 Å². The molecule has 0 heterocycles. The Morgan fingerprint density at radius 3 is 0.892 bits per heavy atom. The lowest BCUT2D eigenvalue weighted by Crippen LogP contribution is -2.30. The zero-order valence-electron chi connectivity index (χ0n) is 48.8. The minimum atomic E-state index is -0.784. The molecule has 0 saturated heterocycles. The van der Waals surface area contributed by atoms with Crippen molar-refractivity contribution in [1.29, 1.82) is 0 Å². The Morgan fingerprint density at radius 1 is 0.284 bits per heavy atom. The van der Waals surface area contributed by atoms with Crippen molar-refractivity contribution in [2.24, 2.45) is 0 Å². The van der Waals surface area contributed by atoms with Gasteiger partial charge in [0.05, 0.1) is 0 Å². The summed E-state index contributed by atoms with van der Waals surface area (Å²) in [6.07, 6.45) is 81.7. The third kappa shape index (κ3) is 59.5. The zero-order chi connectivity index (χ0) is 53.6. The van der Waals surface area contributed by atoms with Crippen molar-refractivity contribution in [2.75, 3.05) is 13.2 Å². The van der Waals surface area contributed by atoms with Crippen molar-refractivity contribution < 1.29 is 28.6 Å². The molecule has 0 N–H and O–H groups in total. The lowest BCUT2D eigenvalue weighted by molar-refractivity contribution is -0.167. The van der Waals surface area contributed by atoms with Gasteiger partial charge in [-0.1, -0.05) is 266 Å². The van der Waals surface area contributed by atoms with E-state index in [4.69, 9.17) is 14.2 Å². The first-order chi connectivity index (χ1) is 36.5. The highest BCUT2D eigenvalue weighted by molar-refractivity contribution is 5.71. The Kier molecular flexibility index (Phi) is 59.3. The minimum Gasteiger partial charge on any atom is -0.462 e. The van der Waals surface area contributed by atoms with Gasteiger partial charge in [-0.25, -0.2) is 0 Å². The highest BCUT2D eigenvalue weighted by Gasteiger charge is 2.19. The van der Waals surface area contributed by atoms with E-state index in [0.717, 1.165) is 109 Å². The molecule has 74 heavy (non-hydrogen) atoms. The molecule has 0 aliphatic rings. The summed E-state index contributed by atoms with van der Waals surface area (Å²) < 4.78 is 16.9. The van der Waals surface area contributed by atoms with Gasteiger partial charge in [0.25, 0.3) is 0 Å². The van der Waals surface area contributed by atoms with E-state index in [9.17, 15) is 14.4 Å². The van der Waals surface area contributed by atoms with Gasteiger partial charge in [0.1, 0.15) is 13.2 Å². The van der Waals surface area contributed by atoms with E-state index in [-0.39, 0.29) is 31.1 Å². The molecule has 0 spiro atoms. The molecule has 0 aromatic carbocycles. The van der Waals surface area contributed by atoms with Crippen LogP contribution in [0.4, 0.5) is 0 Å². The van der Waals surface area contributed by atoms with Crippen LogP contribution in [0.3, 0.4) is 0 Å². The fourth-order valence-electron chi connectivity index (χ4n) is 8.88. The van der Waals surface area contributed by atoms with Gasteiger partial charge in [0.2, 0.25) is 0 Å². The van der Waals surface area contributed by atoms with Gasteiger partial charge in [-0.15, -0.1) is 0 Å². The number of hydrogen-bond acceptors (Lipinski definition) is 6. The van der Waals surface area contributed by atoms with Gasteiger partial charge < -0.3 is 14.2 Å². The summed E-state index contributed by atoms with van der Waals surface area (Å²) in [5.74, 6) is -0.891. The van der Waals surface area contributed by atoms with Gasteiger partial charge in [0, 0.05) is 19.3 Å². The van der Waals surface area contributed by atoms with Crippen molar-refractivity contribution in [2.45, 2.75) is 316 Å². The summed E-state index contributed by atoms with van der Waals surface area (Å²) in [7, 11) is 0. The molecule has 0 bridgehead atoms. The van der Waals surface area contributed by atoms with Gasteiger partial charge in [-0.05, 0) is 109 Å². The summed E-state index contributed by atoms with van der Waals surface area (Å²) in [5, 5.41) is 0. The second-order valence-corrected chi connectivity index (χ2v) is 20.9. The fraction of sp³-hybridized carbons (Fsp3) is 0.750. The highest BCUT2D eigenvalue weighted by Crippen LogP contribution is 2.16. The molecule has 0 fully saturated rings. The first kappa shape index (κ1) is 70.6. The summed E-state index contributed by atoms with van der Waals surface area (Å²) in [6, 6.07) is 0. The molecule has 1 unspecified atom stereocenters. The Hall–Kier alpha value is -3.41. The number of esters is 3. The van der Waals surface area contributed by atoms with E-state index in [0.29, 0.717) is 19.3 Å². The van der Waals surface area contributed by atoms with E-state index in [1.165, 1.54) is 161 Å². The summed E-state index contributed by atoms with van der Waals surface area (Å²) in [6.45, 7) is 6.48. The number of unbranched alkanes of at least 4 members (excludes halogenated alkanes) is 32. The number of ether oxygens (including phenoxy) is 3. The molecule has 426 valence electrons. The van der Waals surface area contributed by atoms with E-state index < -0.39 is 6.10 Å². The molecule has 1 atom stereocenters. The summed E-state index contributed by atoms with van der Waals surface area (Å²) in [5.41, 5.74) is 0. The number of rotatable bonds is 57. The van der Waals surface area contributed by atoms with Crippen molar-refractivity contribution >= 4 is 17.9 Å². The predicted molar refractivity (Wildman–Crippen MR) is 321 cm³/mol. The van der Waals surface area contributed by atoms with Crippen molar-refractivity contribution in [3.8, 4) is 0 Å². The van der Waals surface area contributed by atoms with Crippen LogP contribution < -0.4 is 0 Å². The van der Waals surface area contributed by atoms with E-state index in [2.05, 4.69) is 106 Å². The third-order valence-electron chi connectivity index (χ3n) is 13.6. The number of carbonyl (C=O) groups is 3. The molecule has 0 aliphatic carbocycles. The van der Waals surface area contributed by atoms with Crippen molar-refractivity contribution in [1.82, 2.24) is 0 Å². The molecule has 0 aromatic rings. The number of carbonyl (C=O) groups excluding carboxylic acids is 3. The van der Waals surface area contributed by atoms with Crippen LogP contribution in [0, 0.1) is 0 Å². The van der Waals surface area contributed by atoms with Crippen LogP contribution in [0.15, 0.2) is 85.1 Å². The van der Waals surface area contributed by atoms with Crippen LogP contribution in [0.1, 0.15) is 310 Å². The van der Waals surface area contributed by atoms with Gasteiger partial charge in [-0.2, -0.15) is 0 Å². The van der Waals surface area contributed by atoms with Crippen molar-refractivity contribution in [3.63, 3.8) is 0 Å². The third-order valence-corrected chi connectivity index (χ3v) is 13.6. The zero-order valence-corrected chi connectivity index (χ0v) is 48.8. The monoisotopic (exact) mass is 1030 g/mol. The van der Waals surface area contributed by atoms with Crippen LogP contribution >= 0.6 is 0 Å². The Morgan fingerprint density at radius 2 is 0.554 bits per heavy atom. The van der Waals surface area contributed by atoms with E-state index in [1.807, 2.05) is 0 Å². The van der Waals surface area contributed by atoms with Crippen LogP contribution in [-0.2, 0) is 28.6 Å². The number of allylic oxidation sites excluding steroid dienone is 14. The number of hydrogen-bond donors (Lipinski definition) is 0. The molecule has 0 rings (SSSR count). The average Bonchev–Trinajstić information content (AvgIpc) is 3.40. The second kappa shape index (κ2) is 62.1. The highest BCUT2D eigenvalue weighted by atomic mass is 16.6. The quantitative estimate of drug-likeness (QED) is 0.0261. The standard InChI is InChI=1S/C68H118O6/c1-4-7-10-13-16-19-22-24-26-28-30-32-33-34-35-37-38-40-42-44-46-49-52-55-58-61-67(70)73-64-65(63-72-66(69)60-57-54-51-48-21-18-15-12-9-6-3)74-68(71)62-59-56-53-50-47-45-43-41-39-36-31-29-27-25-23-20-17-14-11-8-5-2/h7,10,12,15-16,19,24,26,29-32,34-35,65H,4-6,8-9,11,13-14,17-18,20-23,25,27-28,33,36-64H2,1-3H3/b10-7-,15-12-,19-16-,26-24-,31-29-,32-30-,35-34-. The summed E-state index contributed by atoms with van der Waals surface area (Å²) >= 11 is 0. The van der Waals surface area contributed by atoms with E-state index in [1.54, 1.807) is 0 Å². The maximum atomic E-state index is 12.9. The molecule has 0 amide bonds. The second-order valence-electron chi connectivity index (χ2n) is 20.9. The van der Waals surface area contributed by atoms with Crippen LogP contribution in [0.25, 0.3) is 0 Å². The smallest absolute Gasteiger partial charge is 0.306 e. The van der Waals surface area contributed by atoms with Gasteiger partial charge >= 0.3 is 17.9 Å². The first-order valence-electron chi connectivity index (χ1n) is 31.6.